The molecule has 3 aromatic carbocycles. The van der Waals surface area contributed by atoms with Crippen LogP contribution in [0, 0.1) is 20.2 Å². The number of nitrogens with one attached hydrogen (secondary N) is 1. The normalized spacial score (nSPS) is 10.9. The molecular weight excluding hydrogens is 342 g/mol. The van der Waals surface area contributed by atoms with E-state index in [-0.39, 0.29) is 16.7 Å². The van der Waals surface area contributed by atoms with Crippen LogP contribution < -0.4 is 5.32 Å². The van der Waals surface area contributed by atoms with Crippen LogP contribution >= 0.6 is 0 Å². The minimum atomic E-state index is -0.763. The van der Waals surface area contributed by atoms with Crippen LogP contribution in [-0.4, -0.2) is 20.2 Å². The minimum Gasteiger partial charge on any atom is -0.347 e. The number of nitro groups is 2. The predicted molar refractivity (Wildman–Crippen MR) is 92.3 cm³/mol. The maximum absolute atomic E-state index is 11.5. The van der Waals surface area contributed by atoms with Crippen molar-refractivity contribution in [3.05, 3.63) is 68.8 Å². The Labute approximate surface area is 144 Å². The van der Waals surface area contributed by atoms with E-state index in [9.17, 15) is 20.2 Å². The summed E-state index contributed by atoms with van der Waals surface area (Å²) < 4.78 is 4.59. The molecule has 128 valence electrons. The van der Waals surface area contributed by atoms with Crippen LogP contribution in [0.15, 0.2) is 53.2 Å². The van der Waals surface area contributed by atoms with Gasteiger partial charge in [0.1, 0.15) is 5.69 Å². The summed E-state index contributed by atoms with van der Waals surface area (Å²) in [4.78, 5) is 21.2. The first-order valence-corrected chi connectivity index (χ1v) is 7.39. The lowest BCUT2D eigenvalue weighted by molar-refractivity contribution is -0.392. The SMILES string of the molecule is O=[N+]([O-])c1cc([N+](=O)[O-])c2nonc2c1Nc1cccc2ccccc12. The van der Waals surface area contributed by atoms with Crippen molar-refractivity contribution in [2.24, 2.45) is 0 Å². The Morgan fingerprint density at radius 2 is 1.58 bits per heavy atom. The lowest BCUT2D eigenvalue weighted by atomic mass is 10.1. The molecule has 1 N–H and O–H groups in total. The summed E-state index contributed by atoms with van der Waals surface area (Å²) in [5, 5.41) is 34.5. The standard InChI is InChI=1S/C16H9N5O5/c22-20(23)12-8-13(21(24)25)15-16(19-26-18-15)14(12)17-11-7-3-5-9-4-1-2-6-10(9)11/h1-8,17H. The zero-order chi connectivity index (χ0) is 18.3. The van der Waals surface area contributed by atoms with Crippen LogP contribution in [0.1, 0.15) is 0 Å². The van der Waals surface area contributed by atoms with Crippen LogP contribution in [-0.2, 0) is 0 Å². The van der Waals surface area contributed by atoms with E-state index in [0.717, 1.165) is 16.8 Å². The second kappa shape index (κ2) is 5.77. The zero-order valence-corrected chi connectivity index (χ0v) is 12.9. The third-order valence-electron chi connectivity index (χ3n) is 3.94. The van der Waals surface area contributed by atoms with E-state index >= 15 is 0 Å². The summed E-state index contributed by atoms with van der Waals surface area (Å²) in [6, 6.07) is 13.8. The van der Waals surface area contributed by atoms with Gasteiger partial charge in [-0.15, -0.1) is 0 Å². The van der Waals surface area contributed by atoms with Crippen LogP contribution in [0.25, 0.3) is 21.8 Å². The van der Waals surface area contributed by atoms with Gasteiger partial charge in [0.15, 0.2) is 5.52 Å². The highest BCUT2D eigenvalue weighted by Gasteiger charge is 2.29. The minimum absolute atomic E-state index is 0.0202. The molecule has 4 aromatic rings. The average molecular weight is 351 g/mol. The summed E-state index contributed by atoms with van der Waals surface area (Å²) in [6.07, 6.45) is 0. The topological polar surface area (TPSA) is 137 Å². The Kier molecular flexibility index (Phi) is 3.43. The summed E-state index contributed by atoms with van der Waals surface area (Å²) in [5.74, 6) is 0. The fourth-order valence-corrected chi connectivity index (χ4v) is 2.79. The van der Waals surface area contributed by atoms with Crippen molar-refractivity contribution in [2.75, 3.05) is 5.32 Å². The second-order valence-corrected chi connectivity index (χ2v) is 5.42. The van der Waals surface area contributed by atoms with Crippen LogP contribution in [0.5, 0.6) is 0 Å². The molecule has 0 unspecified atom stereocenters. The van der Waals surface area contributed by atoms with Crippen molar-refractivity contribution in [3.63, 3.8) is 0 Å². The molecule has 0 spiro atoms. The van der Waals surface area contributed by atoms with Gasteiger partial charge in [0.25, 0.3) is 0 Å². The molecule has 0 radical (unpaired) electrons. The first kappa shape index (κ1) is 15.4. The summed E-state index contributed by atoms with van der Waals surface area (Å²) >= 11 is 0. The lowest BCUT2D eigenvalue weighted by Gasteiger charge is -2.10. The van der Waals surface area contributed by atoms with E-state index in [0.29, 0.717) is 5.69 Å². The molecule has 10 heteroatoms. The second-order valence-electron chi connectivity index (χ2n) is 5.42. The van der Waals surface area contributed by atoms with E-state index in [2.05, 4.69) is 20.3 Å². The van der Waals surface area contributed by atoms with Gasteiger partial charge >= 0.3 is 11.4 Å². The highest BCUT2D eigenvalue weighted by molar-refractivity contribution is 6.03. The van der Waals surface area contributed by atoms with Crippen LogP contribution in [0.3, 0.4) is 0 Å². The number of nitro benzene ring substituents is 2. The maximum atomic E-state index is 11.5. The molecule has 0 aliphatic rings. The monoisotopic (exact) mass is 351 g/mol. The third-order valence-corrected chi connectivity index (χ3v) is 3.94. The highest BCUT2D eigenvalue weighted by atomic mass is 16.6. The summed E-state index contributed by atoms with van der Waals surface area (Å²) in [7, 11) is 0. The first-order valence-electron chi connectivity index (χ1n) is 7.39. The van der Waals surface area contributed by atoms with Crippen molar-refractivity contribution in [1.29, 1.82) is 0 Å². The molecule has 0 aliphatic heterocycles. The fraction of sp³-hybridized carbons (Fsp3) is 0. The molecule has 4 rings (SSSR count). The Morgan fingerprint density at radius 3 is 2.35 bits per heavy atom. The average Bonchev–Trinajstić information content (AvgIpc) is 3.11. The molecule has 10 nitrogen and oxygen atoms in total. The number of fused-ring (bicyclic) bond motifs is 2. The smallest absolute Gasteiger partial charge is 0.307 e. The van der Waals surface area contributed by atoms with Gasteiger partial charge in [-0.1, -0.05) is 36.4 Å². The van der Waals surface area contributed by atoms with Gasteiger partial charge in [-0.25, -0.2) is 4.63 Å². The van der Waals surface area contributed by atoms with E-state index < -0.39 is 21.2 Å². The van der Waals surface area contributed by atoms with Crippen LogP contribution in [0.2, 0.25) is 0 Å². The number of rotatable bonds is 4. The molecule has 26 heavy (non-hydrogen) atoms. The molecule has 0 saturated carbocycles. The number of anilines is 2. The molecule has 0 bridgehead atoms. The quantitative estimate of drug-likeness (QED) is 0.431. The van der Waals surface area contributed by atoms with Gasteiger partial charge in [0.2, 0.25) is 5.52 Å². The molecule has 1 aromatic heterocycles. The van der Waals surface area contributed by atoms with Gasteiger partial charge in [-0.05, 0) is 21.8 Å². The number of hydrogen-bond donors (Lipinski definition) is 1. The molecule has 1 heterocycles. The molecular formula is C16H9N5O5. The fourth-order valence-electron chi connectivity index (χ4n) is 2.79. The first-order chi connectivity index (χ1) is 12.6. The lowest BCUT2D eigenvalue weighted by Crippen LogP contribution is -2.01. The van der Waals surface area contributed by atoms with E-state index in [4.69, 9.17) is 0 Å². The predicted octanol–water partition coefficient (Wildman–Crippen LogP) is 3.94. The van der Waals surface area contributed by atoms with Gasteiger partial charge < -0.3 is 5.32 Å². The van der Waals surface area contributed by atoms with Crippen molar-refractivity contribution < 1.29 is 14.5 Å². The molecule has 0 fully saturated rings. The van der Waals surface area contributed by atoms with Crippen molar-refractivity contribution >= 4 is 44.6 Å². The van der Waals surface area contributed by atoms with E-state index in [1.807, 2.05) is 30.3 Å². The van der Waals surface area contributed by atoms with Crippen molar-refractivity contribution in [1.82, 2.24) is 10.3 Å². The third kappa shape index (κ3) is 2.36. The van der Waals surface area contributed by atoms with Gasteiger partial charge in [-0.2, -0.15) is 0 Å². The van der Waals surface area contributed by atoms with E-state index in [1.165, 1.54) is 0 Å². The Morgan fingerprint density at radius 1 is 0.885 bits per heavy atom. The van der Waals surface area contributed by atoms with Gasteiger partial charge in [-0.3, -0.25) is 20.2 Å². The van der Waals surface area contributed by atoms with Crippen molar-refractivity contribution in [2.45, 2.75) is 0 Å². The Bertz CT molecular complexity index is 1180. The van der Waals surface area contributed by atoms with Gasteiger partial charge in [0, 0.05) is 11.1 Å². The van der Waals surface area contributed by atoms with E-state index in [1.54, 1.807) is 12.1 Å². The molecule has 0 amide bonds. The number of nitrogens with zero attached hydrogens (tertiary/aromatic N) is 4. The number of non-ortho nitro benzene ring substituents is 1. The highest BCUT2D eigenvalue weighted by Crippen LogP contribution is 2.40. The summed E-state index contributed by atoms with van der Waals surface area (Å²) in [5.41, 5.74) is -0.719. The van der Waals surface area contributed by atoms with Gasteiger partial charge in [0.05, 0.1) is 15.9 Å². The van der Waals surface area contributed by atoms with Crippen molar-refractivity contribution in [3.8, 4) is 0 Å². The summed E-state index contributed by atoms with van der Waals surface area (Å²) in [6.45, 7) is 0. The number of aromatic nitrogens is 2. The number of benzene rings is 3. The molecule has 0 atom stereocenters. The molecule has 0 saturated heterocycles. The molecule has 0 aliphatic carbocycles. The Hall–Kier alpha value is -4.08. The largest absolute Gasteiger partial charge is 0.347 e. The Balaban J connectivity index is 1.97. The maximum Gasteiger partial charge on any atom is 0.307 e. The number of hydrogen-bond acceptors (Lipinski definition) is 8. The van der Waals surface area contributed by atoms with Crippen LogP contribution in [0.4, 0.5) is 22.7 Å². The zero-order valence-electron chi connectivity index (χ0n) is 12.9.